The van der Waals surface area contributed by atoms with Gasteiger partial charge in [-0.1, -0.05) is 6.92 Å². The summed E-state index contributed by atoms with van der Waals surface area (Å²) in [6.45, 7) is 7.14. The number of nitrogens with zero attached hydrogens (tertiary/aromatic N) is 5. The van der Waals surface area contributed by atoms with Gasteiger partial charge >= 0.3 is 0 Å². The normalized spacial score (nSPS) is 16.2. The van der Waals surface area contributed by atoms with Crippen LogP contribution < -0.4 is 5.32 Å². The zero-order valence-electron chi connectivity index (χ0n) is 19.0. The monoisotopic (exact) mass is 438 g/mol. The molecular formula is C24H31FN6O. The number of carbonyl (C=O) groups excluding carboxylic acids is 1. The molecular weight excluding hydrogens is 407 g/mol. The van der Waals surface area contributed by atoms with Crippen molar-refractivity contribution in [3.8, 4) is 11.3 Å². The molecule has 0 spiro atoms. The molecule has 1 amide bonds. The summed E-state index contributed by atoms with van der Waals surface area (Å²) in [5, 5.41) is 12.2. The van der Waals surface area contributed by atoms with E-state index in [0.29, 0.717) is 6.54 Å². The molecule has 1 aromatic carbocycles. The molecule has 2 aromatic heterocycles. The molecule has 1 fully saturated rings. The average Bonchev–Trinajstić information content (AvgIpc) is 3.35. The number of likely N-dealkylation sites (tertiary alicyclic amines) is 1. The fourth-order valence-electron chi connectivity index (χ4n) is 4.15. The van der Waals surface area contributed by atoms with Crippen LogP contribution in [0.25, 0.3) is 11.3 Å². The van der Waals surface area contributed by atoms with Crippen molar-refractivity contribution < 1.29 is 9.18 Å². The number of rotatable bonds is 7. The van der Waals surface area contributed by atoms with Crippen LogP contribution >= 0.6 is 0 Å². The van der Waals surface area contributed by atoms with Gasteiger partial charge in [0.15, 0.2) is 0 Å². The standard InChI is InChI=1S/C24H31FN6O/c1-17(15-31-13-8-18(2)27-31)24(32)26-21-9-11-30(12-10-21)16-22-14-23(28-29(22)3)19-4-6-20(25)7-5-19/h4-8,13-14,17,21H,9-12,15-16H2,1-3H3,(H,26,32). The van der Waals surface area contributed by atoms with Crippen LogP contribution in [0, 0.1) is 18.7 Å². The number of hydrogen-bond donors (Lipinski definition) is 1. The Morgan fingerprint density at radius 3 is 2.56 bits per heavy atom. The van der Waals surface area contributed by atoms with E-state index in [-0.39, 0.29) is 23.7 Å². The second kappa shape index (κ2) is 9.65. The second-order valence-corrected chi connectivity index (χ2v) is 8.79. The number of halogens is 1. The van der Waals surface area contributed by atoms with E-state index >= 15 is 0 Å². The van der Waals surface area contributed by atoms with Gasteiger partial charge in [-0.05, 0) is 56.2 Å². The Hall–Kier alpha value is -3.00. The highest BCUT2D eigenvalue weighted by atomic mass is 19.1. The van der Waals surface area contributed by atoms with Gasteiger partial charge in [0.05, 0.1) is 29.5 Å². The Bertz CT molecular complexity index is 1050. The maximum atomic E-state index is 13.2. The lowest BCUT2D eigenvalue weighted by atomic mass is 10.0. The van der Waals surface area contributed by atoms with E-state index in [1.165, 1.54) is 12.1 Å². The average molecular weight is 439 g/mol. The smallest absolute Gasteiger partial charge is 0.224 e. The molecule has 1 aliphatic heterocycles. The fraction of sp³-hybridized carbons (Fsp3) is 0.458. The first kappa shape index (κ1) is 22.2. The Balaban J connectivity index is 1.26. The Kier molecular flexibility index (Phi) is 6.69. The Labute approximate surface area is 188 Å². The number of aryl methyl sites for hydroxylation is 2. The van der Waals surface area contributed by atoms with Crippen molar-refractivity contribution in [1.29, 1.82) is 0 Å². The van der Waals surface area contributed by atoms with Crippen molar-refractivity contribution in [2.45, 2.75) is 45.8 Å². The van der Waals surface area contributed by atoms with E-state index in [0.717, 1.165) is 55.1 Å². The summed E-state index contributed by atoms with van der Waals surface area (Å²) in [5.74, 6) is -0.274. The van der Waals surface area contributed by atoms with E-state index in [1.807, 2.05) is 42.5 Å². The van der Waals surface area contributed by atoms with Gasteiger partial charge in [0.1, 0.15) is 5.82 Å². The van der Waals surface area contributed by atoms with E-state index < -0.39 is 0 Å². The van der Waals surface area contributed by atoms with Crippen LogP contribution in [0.5, 0.6) is 0 Å². The zero-order valence-corrected chi connectivity index (χ0v) is 19.0. The molecule has 3 aromatic rings. The molecule has 32 heavy (non-hydrogen) atoms. The van der Waals surface area contributed by atoms with Crippen LogP contribution in [0.4, 0.5) is 4.39 Å². The number of aromatic nitrogens is 4. The van der Waals surface area contributed by atoms with Crippen LogP contribution in [0.15, 0.2) is 42.6 Å². The predicted molar refractivity (Wildman–Crippen MR) is 121 cm³/mol. The highest BCUT2D eigenvalue weighted by Gasteiger charge is 2.24. The highest BCUT2D eigenvalue weighted by Crippen LogP contribution is 2.21. The number of piperidine rings is 1. The number of hydrogen-bond acceptors (Lipinski definition) is 4. The zero-order chi connectivity index (χ0) is 22.7. The molecule has 7 nitrogen and oxygen atoms in total. The van der Waals surface area contributed by atoms with Gasteiger partial charge in [0.2, 0.25) is 5.91 Å². The fourth-order valence-corrected chi connectivity index (χ4v) is 4.15. The SMILES string of the molecule is Cc1ccn(CC(C)C(=O)NC2CCN(Cc3cc(-c4ccc(F)cc4)nn3C)CC2)n1. The largest absolute Gasteiger partial charge is 0.353 e. The molecule has 3 heterocycles. The lowest BCUT2D eigenvalue weighted by Gasteiger charge is -2.32. The summed E-state index contributed by atoms with van der Waals surface area (Å²) in [6, 6.07) is 10.7. The lowest BCUT2D eigenvalue weighted by molar-refractivity contribution is -0.126. The van der Waals surface area contributed by atoms with Gasteiger partial charge in [-0.25, -0.2) is 4.39 Å². The van der Waals surface area contributed by atoms with Crippen LogP contribution in [0.3, 0.4) is 0 Å². The van der Waals surface area contributed by atoms with Gasteiger partial charge < -0.3 is 5.32 Å². The number of amides is 1. The third kappa shape index (κ3) is 5.43. The van der Waals surface area contributed by atoms with Crippen molar-refractivity contribution in [2.24, 2.45) is 13.0 Å². The van der Waals surface area contributed by atoms with Crippen molar-refractivity contribution >= 4 is 5.91 Å². The number of benzene rings is 1. The first-order valence-electron chi connectivity index (χ1n) is 11.2. The maximum Gasteiger partial charge on any atom is 0.224 e. The van der Waals surface area contributed by atoms with Crippen molar-refractivity contribution in [3.05, 3.63) is 59.8 Å². The summed E-state index contributed by atoms with van der Waals surface area (Å²) in [4.78, 5) is 15.0. The Morgan fingerprint density at radius 1 is 1.19 bits per heavy atom. The topological polar surface area (TPSA) is 68.0 Å². The summed E-state index contributed by atoms with van der Waals surface area (Å²) < 4.78 is 16.9. The third-order valence-electron chi connectivity index (χ3n) is 6.12. The van der Waals surface area contributed by atoms with Crippen molar-refractivity contribution in [3.63, 3.8) is 0 Å². The molecule has 0 aliphatic carbocycles. The molecule has 8 heteroatoms. The summed E-state index contributed by atoms with van der Waals surface area (Å²) in [6.07, 6.45) is 3.78. The molecule has 0 saturated carbocycles. The van der Waals surface area contributed by atoms with E-state index in [9.17, 15) is 9.18 Å². The quantitative estimate of drug-likeness (QED) is 0.615. The van der Waals surface area contributed by atoms with Gasteiger partial charge in [-0.2, -0.15) is 10.2 Å². The van der Waals surface area contributed by atoms with Gasteiger partial charge in [-0.15, -0.1) is 0 Å². The number of carbonyl (C=O) groups is 1. The minimum absolute atomic E-state index is 0.0900. The first-order chi connectivity index (χ1) is 15.4. The maximum absolute atomic E-state index is 13.2. The number of nitrogens with one attached hydrogen (secondary N) is 1. The molecule has 1 N–H and O–H groups in total. The van der Waals surface area contributed by atoms with E-state index in [4.69, 9.17) is 0 Å². The second-order valence-electron chi connectivity index (χ2n) is 8.79. The molecule has 1 aliphatic rings. The van der Waals surface area contributed by atoms with Crippen LogP contribution in [-0.2, 0) is 24.9 Å². The first-order valence-corrected chi connectivity index (χ1v) is 11.2. The van der Waals surface area contributed by atoms with Crippen LogP contribution in [0.1, 0.15) is 31.2 Å². The molecule has 0 radical (unpaired) electrons. The third-order valence-corrected chi connectivity index (χ3v) is 6.12. The molecule has 1 atom stereocenters. The molecule has 0 bridgehead atoms. The van der Waals surface area contributed by atoms with E-state index in [1.54, 1.807) is 12.1 Å². The molecule has 4 rings (SSSR count). The minimum atomic E-state index is -0.245. The van der Waals surface area contributed by atoms with E-state index in [2.05, 4.69) is 26.5 Å². The predicted octanol–water partition coefficient (Wildman–Crippen LogP) is 3.15. The highest BCUT2D eigenvalue weighted by molar-refractivity contribution is 5.78. The summed E-state index contributed by atoms with van der Waals surface area (Å²) in [5.41, 5.74) is 3.85. The summed E-state index contributed by atoms with van der Waals surface area (Å²) >= 11 is 0. The Morgan fingerprint density at radius 2 is 1.91 bits per heavy atom. The molecule has 170 valence electrons. The lowest BCUT2D eigenvalue weighted by Crippen LogP contribution is -2.46. The van der Waals surface area contributed by atoms with Gasteiger partial charge in [0.25, 0.3) is 0 Å². The molecule has 1 unspecified atom stereocenters. The van der Waals surface area contributed by atoms with Crippen LogP contribution in [-0.4, -0.2) is 49.5 Å². The van der Waals surface area contributed by atoms with Gasteiger partial charge in [0, 0.05) is 44.5 Å². The van der Waals surface area contributed by atoms with Crippen LogP contribution in [0.2, 0.25) is 0 Å². The van der Waals surface area contributed by atoms with Crippen molar-refractivity contribution in [2.75, 3.05) is 13.1 Å². The van der Waals surface area contributed by atoms with Gasteiger partial charge in [-0.3, -0.25) is 19.1 Å². The summed E-state index contributed by atoms with van der Waals surface area (Å²) in [7, 11) is 1.94. The van der Waals surface area contributed by atoms with Crippen molar-refractivity contribution in [1.82, 2.24) is 29.8 Å². The molecule has 1 saturated heterocycles. The minimum Gasteiger partial charge on any atom is -0.353 e.